The van der Waals surface area contributed by atoms with E-state index in [1.807, 2.05) is 48.5 Å². The van der Waals surface area contributed by atoms with Crippen LogP contribution in [0, 0.1) is 0 Å². The van der Waals surface area contributed by atoms with Gasteiger partial charge in [-0.15, -0.1) is 0 Å². The summed E-state index contributed by atoms with van der Waals surface area (Å²) in [5.41, 5.74) is 1.62. The highest BCUT2D eigenvalue weighted by Gasteiger charge is 2.21. The minimum Gasteiger partial charge on any atom is -0.508 e. The maximum Gasteiger partial charge on any atom is 0.332 e. The number of phenolic OH excluding ortho intramolecular Hbond substituents is 1. The summed E-state index contributed by atoms with van der Waals surface area (Å²) in [6.45, 7) is 0.809. The SMILES string of the molecule is Cn1c(=O)c2c(nc(Br)n2Cc2cccc(Br)c2)n(C)c1=O.Cn1c(=O)c2c(nc(Oc3cccc(Cl)c3)n2Cc2cccc(Br)c2)n(C)c1=O.Oc1cccc(Cl)c1. The minimum absolute atomic E-state index is 0.195. The van der Waals surface area contributed by atoms with Gasteiger partial charge in [0, 0.05) is 47.2 Å². The molecule has 0 amide bonds. The van der Waals surface area contributed by atoms with Crippen LogP contribution in [0.2, 0.25) is 10.0 Å². The van der Waals surface area contributed by atoms with Gasteiger partial charge < -0.3 is 14.4 Å². The maximum absolute atomic E-state index is 12.9. The van der Waals surface area contributed by atoms with Crippen molar-refractivity contribution in [3.8, 4) is 17.5 Å². The van der Waals surface area contributed by atoms with Crippen molar-refractivity contribution in [3.63, 3.8) is 0 Å². The van der Waals surface area contributed by atoms with Crippen LogP contribution in [0.4, 0.5) is 0 Å². The standard InChI is InChI=1S/C20H16BrClN4O3.C14H12Br2N4O2.C6H5ClO/c1-24-17-16(18(27)25(2)20(24)28)26(11-12-5-3-6-13(21)9-12)19(23-17)29-15-8-4-7-14(22)10-15;1-18-11-10(12(21)19(2)14(18)22)20(13(16)17-11)7-8-4-3-5-9(15)6-8;7-5-2-1-3-6(8)4-5/h3-10H,11H2,1-2H3;3-6H,7H2,1-2H3;1-4,8H. The average molecular weight is 1030 g/mol. The molecular weight excluding hydrogens is 999 g/mol. The van der Waals surface area contributed by atoms with Crippen molar-refractivity contribution in [1.29, 1.82) is 0 Å². The number of fused-ring (bicyclic) bond motifs is 2. The van der Waals surface area contributed by atoms with Crippen LogP contribution in [0.15, 0.2) is 130 Å². The molecule has 0 spiro atoms. The monoisotopic (exact) mass is 1030 g/mol. The van der Waals surface area contributed by atoms with Crippen molar-refractivity contribution >= 4 is 93.3 Å². The van der Waals surface area contributed by atoms with Crippen LogP contribution in [0.1, 0.15) is 11.1 Å². The molecule has 8 aromatic rings. The van der Waals surface area contributed by atoms with Crippen LogP contribution < -0.4 is 27.2 Å². The second-order valence-corrected chi connectivity index (χ2v) is 16.4. The topological polar surface area (TPSA) is 153 Å². The van der Waals surface area contributed by atoms with E-state index >= 15 is 0 Å². The average Bonchev–Trinajstić information content (AvgIpc) is 3.71. The minimum atomic E-state index is -0.455. The van der Waals surface area contributed by atoms with Crippen LogP contribution in [-0.2, 0) is 41.3 Å². The van der Waals surface area contributed by atoms with Gasteiger partial charge in [0.1, 0.15) is 11.5 Å². The molecule has 4 heterocycles. The van der Waals surface area contributed by atoms with E-state index in [0.29, 0.717) is 44.8 Å². The van der Waals surface area contributed by atoms with Crippen molar-refractivity contribution in [1.82, 2.24) is 37.4 Å². The number of benzene rings is 4. The molecule has 4 aromatic heterocycles. The number of aromatic nitrogens is 8. The van der Waals surface area contributed by atoms with E-state index in [1.165, 1.54) is 29.3 Å². The summed E-state index contributed by atoms with van der Waals surface area (Å²) in [6.07, 6.45) is 0. The van der Waals surface area contributed by atoms with Gasteiger partial charge in [-0.1, -0.05) is 91.5 Å². The first-order chi connectivity index (χ1) is 28.0. The number of rotatable bonds is 6. The normalized spacial score (nSPS) is 10.9. The van der Waals surface area contributed by atoms with E-state index in [-0.39, 0.29) is 28.5 Å². The second kappa shape index (κ2) is 18.4. The summed E-state index contributed by atoms with van der Waals surface area (Å²) in [6, 6.07) is 29.1. The van der Waals surface area contributed by atoms with Crippen molar-refractivity contribution in [2.24, 2.45) is 28.2 Å². The molecule has 0 aliphatic heterocycles. The van der Waals surface area contributed by atoms with Crippen molar-refractivity contribution in [2.75, 3.05) is 0 Å². The molecule has 0 saturated carbocycles. The third-order valence-electron chi connectivity index (χ3n) is 8.89. The van der Waals surface area contributed by atoms with E-state index in [2.05, 4.69) is 57.8 Å². The molecule has 304 valence electrons. The van der Waals surface area contributed by atoms with Gasteiger partial charge in [-0.2, -0.15) is 4.98 Å². The highest BCUT2D eigenvalue weighted by molar-refractivity contribution is 9.11. The molecule has 19 heteroatoms. The lowest BCUT2D eigenvalue weighted by Gasteiger charge is -2.11. The van der Waals surface area contributed by atoms with E-state index in [9.17, 15) is 19.2 Å². The molecule has 4 aromatic carbocycles. The Labute approximate surface area is 370 Å². The Bertz CT molecular complexity index is 3100. The number of imidazole rings is 2. The summed E-state index contributed by atoms with van der Waals surface area (Å²) in [5.74, 6) is 0.683. The fraction of sp³-hybridized carbons (Fsp3) is 0.150. The summed E-state index contributed by atoms with van der Waals surface area (Å²) < 4.78 is 16.6. The molecule has 0 atom stereocenters. The predicted octanol–water partition coefficient (Wildman–Crippen LogP) is 7.74. The smallest absolute Gasteiger partial charge is 0.332 e. The second-order valence-electron chi connectivity index (χ2n) is 13.0. The molecule has 0 unspecified atom stereocenters. The molecule has 0 fully saturated rings. The van der Waals surface area contributed by atoms with Crippen LogP contribution >= 0.6 is 71.0 Å². The third-order valence-corrected chi connectivity index (χ3v) is 10.9. The van der Waals surface area contributed by atoms with Gasteiger partial charge in [-0.3, -0.25) is 32.4 Å². The molecule has 59 heavy (non-hydrogen) atoms. The van der Waals surface area contributed by atoms with Crippen LogP contribution in [-0.4, -0.2) is 42.5 Å². The van der Waals surface area contributed by atoms with Crippen LogP contribution in [0.5, 0.6) is 17.5 Å². The number of ether oxygens (including phenoxy) is 1. The van der Waals surface area contributed by atoms with Gasteiger partial charge >= 0.3 is 17.4 Å². The molecule has 8 rings (SSSR count). The molecule has 0 aliphatic carbocycles. The molecule has 0 radical (unpaired) electrons. The first-order valence-electron chi connectivity index (χ1n) is 17.4. The maximum atomic E-state index is 12.9. The van der Waals surface area contributed by atoms with Crippen LogP contribution in [0.3, 0.4) is 0 Å². The first-order valence-corrected chi connectivity index (χ1v) is 20.5. The van der Waals surface area contributed by atoms with Gasteiger partial charge in [-0.05, 0) is 87.7 Å². The molecule has 0 saturated heterocycles. The van der Waals surface area contributed by atoms with Crippen molar-refractivity contribution in [3.05, 3.63) is 174 Å². The number of aryl methyl sites for hydroxylation is 2. The number of nitrogens with zero attached hydrogens (tertiary/aromatic N) is 8. The third kappa shape index (κ3) is 9.65. The Balaban J connectivity index is 0.000000171. The molecule has 14 nitrogen and oxygen atoms in total. The van der Waals surface area contributed by atoms with Gasteiger partial charge in [0.25, 0.3) is 11.1 Å². The lowest BCUT2D eigenvalue weighted by atomic mass is 10.2. The lowest BCUT2D eigenvalue weighted by molar-refractivity contribution is 0.421. The Morgan fingerprint density at radius 2 is 1.07 bits per heavy atom. The quantitative estimate of drug-likeness (QED) is 0.166. The molecule has 0 aliphatic rings. The zero-order valence-electron chi connectivity index (χ0n) is 31.6. The molecule has 0 bridgehead atoms. The zero-order valence-corrected chi connectivity index (χ0v) is 37.9. The van der Waals surface area contributed by atoms with Crippen molar-refractivity contribution < 1.29 is 9.84 Å². The summed E-state index contributed by atoms with van der Waals surface area (Å²) >= 11 is 21.8. The van der Waals surface area contributed by atoms with Gasteiger partial charge in [0.2, 0.25) is 0 Å². The number of halogens is 5. The Kier molecular flexibility index (Phi) is 13.5. The fourth-order valence-electron chi connectivity index (χ4n) is 5.96. The predicted molar refractivity (Wildman–Crippen MR) is 239 cm³/mol. The van der Waals surface area contributed by atoms with E-state index in [4.69, 9.17) is 33.0 Å². The van der Waals surface area contributed by atoms with Gasteiger partial charge in [0.15, 0.2) is 27.1 Å². The number of hydrogen-bond acceptors (Lipinski definition) is 8. The highest BCUT2D eigenvalue weighted by atomic mass is 79.9. The van der Waals surface area contributed by atoms with E-state index in [0.717, 1.165) is 29.2 Å². The van der Waals surface area contributed by atoms with E-state index < -0.39 is 16.9 Å². The highest BCUT2D eigenvalue weighted by Crippen LogP contribution is 2.27. The Hall–Kier alpha value is -5.20. The number of hydrogen-bond donors (Lipinski definition) is 1. The summed E-state index contributed by atoms with van der Waals surface area (Å²) in [7, 11) is 6.09. The first kappa shape index (κ1) is 43.4. The summed E-state index contributed by atoms with van der Waals surface area (Å²) in [4.78, 5) is 58.4. The molecule has 1 N–H and O–H groups in total. The molecular formula is C40H33Br3Cl2N8O6. The van der Waals surface area contributed by atoms with E-state index in [1.54, 1.807) is 65.7 Å². The number of phenols is 1. The summed E-state index contributed by atoms with van der Waals surface area (Å²) in [5, 5.41) is 9.80. The largest absolute Gasteiger partial charge is 0.508 e. The van der Waals surface area contributed by atoms with Gasteiger partial charge in [0.05, 0.1) is 13.1 Å². The number of aromatic hydroxyl groups is 1. The fourth-order valence-corrected chi connectivity index (χ4v) is 7.69. The Morgan fingerprint density at radius 1 is 0.593 bits per heavy atom. The van der Waals surface area contributed by atoms with Crippen LogP contribution in [0.25, 0.3) is 22.3 Å². The Morgan fingerprint density at radius 3 is 1.56 bits per heavy atom. The zero-order chi connectivity index (χ0) is 42.7. The van der Waals surface area contributed by atoms with Gasteiger partial charge in [-0.25, -0.2) is 14.6 Å². The lowest BCUT2D eigenvalue weighted by Crippen LogP contribution is -2.37. The van der Waals surface area contributed by atoms with Crippen molar-refractivity contribution in [2.45, 2.75) is 13.1 Å².